The smallest absolute Gasteiger partial charge is 0.422 e. The molecule has 1 heterocycles. The molecule has 15 heteroatoms. The van der Waals surface area contributed by atoms with Crippen LogP contribution in [0.25, 0.3) is 10.9 Å². The maximum absolute atomic E-state index is 14.4. The third kappa shape index (κ3) is 9.84. The summed E-state index contributed by atoms with van der Waals surface area (Å²) in [6.07, 6.45) is -0.664. The Hall–Kier alpha value is -4.59. The quantitative estimate of drug-likeness (QED) is 0.133. The van der Waals surface area contributed by atoms with Gasteiger partial charge in [0.2, 0.25) is 0 Å². The molecule has 1 aromatic heterocycles. The Morgan fingerprint density at radius 3 is 1.81 bits per heavy atom. The summed E-state index contributed by atoms with van der Waals surface area (Å²) >= 11 is 12.3. The molecule has 0 aliphatic rings. The van der Waals surface area contributed by atoms with E-state index in [0.717, 1.165) is 13.8 Å². The molecule has 2 amide bonds. The van der Waals surface area contributed by atoms with Crippen molar-refractivity contribution in [2.75, 3.05) is 15.7 Å². The van der Waals surface area contributed by atoms with Crippen LogP contribution in [0.1, 0.15) is 72.7 Å². The standard InChI is InChI=1S/C37H41Cl2N3O9S/c1-35(2,3)49-31(43)22-41(52(47,48)27-18-23(38)17-24(39)19-27)26-15-16-28-29(21-40(30(28)20-26)33(45)50-36(4,5)6)32(44)42(25-13-11-10-12-14-25)34(46)51-37(7,8)9/h10-21H,22H2,1-9H3. The van der Waals surface area contributed by atoms with Crippen LogP contribution >= 0.6 is 23.2 Å². The first kappa shape index (κ1) is 40.2. The van der Waals surface area contributed by atoms with Gasteiger partial charge in [0.15, 0.2) is 0 Å². The maximum Gasteiger partial charge on any atom is 0.422 e. The highest BCUT2D eigenvalue weighted by Crippen LogP contribution is 2.34. The molecule has 0 unspecified atom stereocenters. The number of esters is 1. The number of aromatic nitrogens is 1. The van der Waals surface area contributed by atoms with Crippen LogP contribution in [0.15, 0.2) is 77.8 Å². The molecule has 0 aliphatic heterocycles. The Balaban J connectivity index is 1.98. The fraction of sp³-hybridized carbons (Fsp3) is 0.351. The van der Waals surface area contributed by atoms with Gasteiger partial charge in [-0.15, -0.1) is 0 Å². The molecule has 0 spiro atoms. The van der Waals surface area contributed by atoms with Crippen molar-refractivity contribution in [3.63, 3.8) is 0 Å². The number of anilines is 2. The number of imide groups is 1. The van der Waals surface area contributed by atoms with Crippen LogP contribution in [0.2, 0.25) is 10.0 Å². The van der Waals surface area contributed by atoms with Gasteiger partial charge in [0.1, 0.15) is 23.3 Å². The minimum atomic E-state index is -4.57. The average molecular weight is 775 g/mol. The van der Waals surface area contributed by atoms with E-state index in [2.05, 4.69) is 0 Å². The van der Waals surface area contributed by atoms with Gasteiger partial charge in [-0.2, -0.15) is 0 Å². The SMILES string of the molecule is CC(C)(C)OC(=O)CN(c1ccc2c(C(=O)N(C(=O)OC(C)(C)C)c3ccccc3)cn(C(=O)OC(C)(C)C)c2c1)S(=O)(=O)c1cc(Cl)cc(Cl)c1. The number of halogens is 2. The minimum absolute atomic E-state index is 0.0285. The summed E-state index contributed by atoms with van der Waals surface area (Å²) in [5.41, 5.74) is -2.84. The third-order valence-electron chi connectivity index (χ3n) is 6.81. The molecule has 12 nitrogen and oxygen atoms in total. The number of ether oxygens (including phenoxy) is 3. The summed E-state index contributed by atoms with van der Waals surface area (Å²) < 4.78 is 46.9. The first-order chi connectivity index (χ1) is 23.9. The first-order valence-corrected chi connectivity index (χ1v) is 18.3. The second kappa shape index (κ2) is 14.8. The van der Waals surface area contributed by atoms with Gasteiger partial charge < -0.3 is 14.2 Å². The van der Waals surface area contributed by atoms with Crippen molar-refractivity contribution >= 4 is 79.6 Å². The Morgan fingerprint density at radius 2 is 1.27 bits per heavy atom. The Bertz CT molecular complexity index is 2110. The van der Waals surface area contributed by atoms with E-state index >= 15 is 0 Å². The lowest BCUT2D eigenvalue weighted by Crippen LogP contribution is -2.41. The van der Waals surface area contributed by atoms with Crippen LogP contribution in [0.3, 0.4) is 0 Å². The van der Waals surface area contributed by atoms with Crippen LogP contribution < -0.4 is 9.21 Å². The van der Waals surface area contributed by atoms with Gasteiger partial charge in [-0.3, -0.25) is 18.5 Å². The lowest BCUT2D eigenvalue weighted by Gasteiger charge is -2.27. The van der Waals surface area contributed by atoms with Gasteiger partial charge in [0, 0.05) is 21.6 Å². The number of benzene rings is 3. The maximum atomic E-state index is 14.4. The molecule has 0 atom stereocenters. The number of carbonyl (C=O) groups is 4. The molecule has 4 aromatic rings. The number of hydrogen-bond donors (Lipinski definition) is 0. The fourth-order valence-corrected chi connectivity index (χ4v) is 7.05. The zero-order chi connectivity index (χ0) is 39.0. The molecule has 4 rings (SSSR count). The van der Waals surface area contributed by atoms with Gasteiger partial charge in [0.05, 0.1) is 27.4 Å². The number of sulfonamides is 1. The highest BCUT2D eigenvalue weighted by molar-refractivity contribution is 7.92. The van der Waals surface area contributed by atoms with Crippen molar-refractivity contribution in [1.82, 2.24) is 4.57 Å². The molecule has 0 radical (unpaired) electrons. The number of para-hydroxylation sites is 1. The molecule has 3 aromatic carbocycles. The number of rotatable bonds is 7. The second-order valence-electron chi connectivity index (χ2n) is 14.8. The molecule has 0 N–H and O–H groups in total. The van der Waals surface area contributed by atoms with Crippen LogP contribution in [0.5, 0.6) is 0 Å². The van der Waals surface area contributed by atoms with Crippen molar-refractivity contribution in [2.24, 2.45) is 0 Å². The first-order valence-electron chi connectivity index (χ1n) is 16.1. The van der Waals surface area contributed by atoms with Gasteiger partial charge in [-0.25, -0.2) is 22.9 Å². The molecule has 0 saturated carbocycles. The molecule has 0 aliphatic carbocycles. The molecular weight excluding hydrogens is 733 g/mol. The van der Waals surface area contributed by atoms with Crippen molar-refractivity contribution in [3.8, 4) is 0 Å². The average Bonchev–Trinajstić information content (AvgIpc) is 3.36. The molecule has 0 saturated heterocycles. The van der Waals surface area contributed by atoms with Crippen LogP contribution in [0, 0.1) is 0 Å². The van der Waals surface area contributed by atoms with E-state index in [1.165, 1.54) is 42.6 Å². The summed E-state index contributed by atoms with van der Waals surface area (Å²) in [4.78, 5) is 55.3. The topological polar surface area (TPSA) is 142 Å². The van der Waals surface area contributed by atoms with E-state index in [0.29, 0.717) is 0 Å². The monoisotopic (exact) mass is 773 g/mol. The number of amides is 2. The van der Waals surface area contributed by atoms with Crippen molar-refractivity contribution in [1.29, 1.82) is 0 Å². The summed E-state index contributed by atoms with van der Waals surface area (Å²) in [6, 6.07) is 15.9. The van der Waals surface area contributed by atoms with Crippen molar-refractivity contribution < 1.29 is 41.8 Å². The summed E-state index contributed by atoms with van der Waals surface area (Å²) in [5, 5.41) is 0.229. The van der Waals surface area contributed by atoms with Gasteiger partial charge in [0.25, 0.3) is 15.9 Å². The predicted molar refractivity (Wildman–Crippen MR) is 200 cm³/mol. The third-order valence-corrected chi connectivity index (χ3v) is 9.00. The predicted octanol–water partition coefficient (Wildman–Crippen LogP) is 8.85. The van der Waals surface area contributed by atoms with E-state index in [4.69, 9.17) is 37.4 Å². The highest BCUT2D eigenvalue weighted by atomic mass is 35.5. The Labute approximate surface area is 313 Å². The van der Waals surface area contributed by atoms with Crippen molar-refractivity contribution in [2.45, 2.75) is 84.0 Å². The van der Waals surface area contributed by atoms with E-state index in [1.54, 1.807) is 92.6 Å². The highest BCUT2D eigenvalue weighted by Gasteiger charge is 2.35. The fourth-order valence-electron chi connectivity index (χ4n) is 4.92. The largest absolute Gasteiger partial charge is 0.459 e. The summed E-state index contributed by atoms with van der Waals surface area (Å²) in [7, 11) is -4.57. The van der Waals surface area contributed by atoms with E-state index in [1.807, 2.05) is 0 Å². The van der Waals surface area contributed by atoms with Crippen LogP contribution in [-0.2, 0) is 29.0 Å². The number of carbonyl (C=O) groups excluding carboxylic acids is 4. The normalized spacial score (nSPS) is 12.3. The number of nitrogens with zero attached hydrogens (tertiary/aromatic N) is 3. The number of fused-ring (bicyclic) bond motifs is 1. The zero-order valence-electron chi connectivity index (χ0n) is 30.3. The zero-order valence-corrected chi connectivity index (χ0v) is 32.6. The van der Waals surface area contributed by atoms with Gasteiger partial charge in [-0.05, 0) is 111 Å². The molecule has 278 valence electrons. The minimum Gasteiger partial charge on any atom is -0.459 e. The second-order valence-corrected chi connectivity index (χ2v) is 17.5. The lowest BCUT2D eigenvalue weighted by molar-refractivity contribution is -0.152. The summed E-state index contributed by atoms with van der Waals surface area (Å²) in [5.74, 6) is -1.72. The van der Waals surface area contributed by atoms with E-state index in [9.17, 15) is 27.6 Å². The van der Waals surface area contributed by atoms with Gasteiger partial charge in [-0.1, -0.05) is 41.4 Å². The number of hydrogen-bond acceptors (Lipinski definition) is 9. The summed E-state index contributed by atoms with van der Waals surface area (Å²) in [6.45, 7) is 14.0. The van der Waals surface area contributed by atoms with Crippen LogP contribution in [0.4, 0.5) is 21.0 Å². The lowest BCUT2D eigenvalue weighted by atomic mass is 10.1. The van der Waals surface area contributed by atoms with Crippen molar-refractivity contribution in [3.05, 3.63) is 88.5 Å². The Morgan fingerprint density at radius 1 is 0.712 bits per heavy atom. The molecule has 0 fully saturated rings. The van der Waals surface area contributed by atoms with E-state index in [-0.39, 0.29) is 42.8 Å². The van der Waals surface area contributed by atoms with E-state index < -0.39 is 57.4 Å². The molecule has 0 bridgehead atoms. The van der Waals surface area contributed by atoms with Gasteiger partial charge >= 0.3 is 18.2 Å². The molecule has 52 heavy (non-hydrogen) atoms. The molecular formula is C37H41Cl2N3O9S. The van der Waals surface area contributed by atoms with Crippen LogP contribution in [-0.4, -0.2) is 60.4 Å². The Kier molecular flexibility index (Phi) is 11.4.